The molecule has 148 valence electrons. The van der Waals surface area contributed by atoms with E-state index in [0.717, 1.165) is 21.8 Å². The Labute approximate surface area is 171 Å². The Hall–Kier alpha value is -4.05. The molecule has 0 bridgehead atoms. The summed E-state index contributed by atoms with van der Waals surface area (Å²) in [5, 5.41) is 26.7. The van der Waals surface area contributed by atoms with Crippen LogP contribution in [0, 0.1) is 10.6 Å². The number of furan rings is 2. The van der Waals surface area contributed by atoms with Crippen LogP contribution in [0.2, 0.25) is 0 Å². The Kier molecular flexibility index (Phi) is 4.45. The van der Waals surface area contributed by atoms with Crippen molar-refractivity contribution in [1.82, 2.24) is 4.57 Å². The molecule has 0 saturated heterocycles. The minimum atomic E-state index is -0.281. The van der Waals surface area contributed by atoms with Crippen LogP contribution < -0.4 is 15.5 Å². The van der Waals surface area contributed by atoms with Crippen molar-refractivity contribution in [3.8, 4) is 5.88 Å². The number of aromatic nitrogens is 1. The smallest absolute Gasteiger partial charge is 0.311 e. The third kappa shape index (κ3) is 3.40. The van der Waals surface area contributed by atoms with Gasteiger partial charge in [-0.15, -0.1) is 10.2 Å². The Morgan fingerprint density at radius 3 is 2.53 bits per heavy atom. The van der Waals surface area contributed by atoms with Gasteiger partial charge < -0.3 is 13.9 Å². The van der Waals surface area contributed by atoms with E-state index in [1.807, 2.05) is 30.3 Å². The highest BCUT2D eigenvalue weighted by Crippen LogP contribution is 2.21. The largest absolute Gasteiger partial charge is 0.493 e. The lowest BCUT2D eigenvalue weighted by Crippen LogP contribution is -2.12. The maximum absolute atomic E-state index is 12.2. The summed E-state index contributed by atoms with van der Waals surface area (Å²) in [6, 6.07) is 14.5. The number of benzene rings is 1. The van der Waals surface area contributed by atoms with Crippen LogP contribution >= 0.6 is 11.3 Å². The first kappa shape index (κ1) is 18.0. The molecule has 9 nitrogen and oxygen atoms in total. The van der Waals surface area contributed by atoms with E-state index in [2.05, 4.69) is 20.7 Å². The first-order chi connectivity index (χ1) is 14.7. The molecule has 0 radical (unpaired) electrons. The molecule has 5 rings (SSSR count). The lowest BCUT2D eigenvalue weighted by molar-refractivity contribution is 0.404. The standard InChI is InChI=1S/C20H13N5O4S/c26-19-17(30-20(27)25(19)11-15-2-1-9-28-15)10-14-7-8-16(29-14)12-3-5-13(6-4-12)18-21-23-24-22-18/h1-10,26H,11H2. The molecule has 30 heavy (non-hydrogen) atoms. The Balaban J connectivity index is 1.52. The molecular formula is C20H13N5O4S. The van der Waals surface area contributed by atoms with Gasteiger partial charge in [0.15, 0.2) is 0 Å². The average Bonchev–Trinajstić information content (AvgIpc) is 3.56. The first-order valence-electron chi connectivity index (χ1n) is 8.86. The van der Waals surface area contributed by atoms with E-state index in [1.54, 1.807) is 24.3 Å². The van der Waals surface area contributed by atoms with Crippen molar-refractivity contribution in [3.05, 3.63) is 96.4 Å². The second kappa shape index (κ2) is 7.41. The van der Waals surface area contributed by atoms with Crippen LogP contribution in [0.15, 0.2) is 89.1 Å². The molecule has 0 amide bonds. The number of thiazole rings is 1. The normalized spacial score (nSPS) is 13.6. The van der Waals surface area contributed by atoms with Gasteiger partial charge in [-0.3, -0.25) is 9.36 Å². The predicted octanol–water partition coefficient (Wildman–Crippen LogP) is 2.86. The van der Waals surface area contributed by atoms with E-state index in [1.165, 1.54) is 10.8 Å². The van der Waals surface area contributed by atoms with Gasteiger partial charge in [-0.2, -0.15) is 0 Å². The van der Waals surface area contributed by atoms with Gasteiger partial charge in [0, 0.05) is 16.5 Å². The van der Waals surface area contributed by atoms with Crippen LogP contribution in [-0.2, 0) is 6.54 Å². The number of nitrogens with zero attached hydrogens (tertiary/aromatic N) is 5. The predicted molar refractivity (Wildman–Crippen MR) is 107 cm³/mol. The molecule has 1 aliphatic heterocycles. The molecular weight excluding hydrogens is 406 g/mol. The van der Waals surface area contributed by atoms with Crippen molar-refractivity contribution in [2.75, 3.05) is 0 Å². The van der Waals surface area contributed by atoms with Crippen molar-refractivity contribution < 1.29 is 13.9 Å². The van der Waals surface area contributed by atoms with Crippen LogP contribution in [0.1, 0.15) is 10.6 Å². The van der Waals surface area contributed by atoms with Crippen molar-refractivity contribution in [1.29, 1.82) is 0 Å². The minimum absolute atomic E-state index is 0.124. The maximum Gasteiger partial charge on any atom is 0.311 e. The molecule has 0 aliphatic carbocycles. The molecule has 4 heterocycles. The zero-order valence-electron chi connectivity index (χ0n) is 15.3. The summed E-state index contributed by atoms with van der Waals surface area (Å²) in [6.07, 6.45) is 3.15. The van der Waals surface area contributed by atoms with E-state index < -0.39 is 0 Å². The fourth-order valence-corrected chi connectivity index (χ4v) is 3.79. The molecule has 0 unspecified atom stereocenters. The molecule has 1 aromatic carbocycles. The lowest BCUT2D eigenvalue weighted by atomic mass is 10.2. The minimum Gasteiger partial charge on any atom is -0.493 e. The maximum atomic E-state index is 12.2. The molecule has 0 spiro atoms. The van der Waals surface area contributed by atoms with E-state index in [0.29, 0.717) is 27.3 Å². The highest BCUT2D eigenvalue weighted by atomic mass is 32.1. The monoisotopic (exact) mass is 419 g/mol. The summed E-state index contributed by atoms with van der Waals surface area (Å²) >= 11 is 0.938. The summed E-state index contributed by atoms with van der Waals surface area (Å²) in [5.74, 6) is 0.916. The van der Waals surface area contributed by atoms with Gasteiger partial charge in [-0.25, -0.2) is 0 Å². The Morgan fingerprint density at radius 2 is 1.80 bits per heavy atom. The molecule has 0 saturated carbocycles. The van der Waals surface area contributed by atoms with Gasteiger partial charge in [-0.05, 0) is 34.7 Å². The summed E-state index contributed by atoms with van der Waals surface area (Å²) in [5.41, 5.74) is 1.16. The number of hydrogen-bond donors (Lipinski definition) is 1. The van der Waals surface area contributed by atoms with Gasteiger partial charge in [-0.1, -0.05) is 35.6 Å². The molecule has 1 aliphatic rings. The third-order valence-electron chi connectivity index (χ3n) is 4.43. The second-order valence-electron chi connectivity index (χ2n) is 6.35. The summed E-state index contributed by atoms with van der Waals surface area (Å²) in [6.45, 7) is 0.163. The van der Waals surface area contributed by atoms with Gasteiger partial charge in [0.25, 0.3) is 0 Å². The van der Waals surface area contributed by atoms with Gasteiger partial charge in [0.1, 0.15) is 16.6 Å². The van der Waals surface area contributed by atoms with Gasteiger partial charge >= 0.3 is 4.87 Å². The fraction of sp³-hybridized carbons (Fsp3) is 0.0500. The number of hydrogen-bond acceptors (Lipinski definition) is 9. The molecule has 10 heteroatoms. The van der Waals surface area contributed by atoms with Crippen LogP contribution in [0.25, 0.3) is 11.9 Å². The van der Waals surface area contributed by atoms with Crippen LogP contribution in [-0.4, -0.2) is 9.67 Å². The van der Waals surface area contributed by atoms with Crippen molar-refractivity contribution in [2.45, 2.75) is 6.54 Å². The average molecular weight is 419 g/mol. The van der Waals surface area contributed by atoms with Crippen LogP contribution in [0.3, 0.4) is 0 Å². The highest BCUT2D eigenvalue weighted by Gasteiger charge is 2.13. The van der Waals surface area contributed by atoms with E-state index in [-0.39, 0.29) is 17.3 Å². The molecule has 3 aromatic heterocycles. The first-order valence-corrected chi connectivity index (χ1v) is 9.68. The molecule has 4 aromatic rings. The van der Waals surface area contributed by atoms with Gasteiger partial charge in [0.05, 0.1) is 17.7 Å². The van der Waals surface area contributed by atoms with Crippen molar-refractivity contribution in [2.24, 2.45) is 20.7 Å². The Bertz CT molecular complexity index is 1520. The lowest BCUT2D eigenvalue weighted by Gasteiger charge is -2.00. The van der Waals surface area contributed by atoms with E-state index in [9.17, 15) is 9.90 Å². The highest BCUT2D eigenvalue weighted by molar-refractivity contribution is 7.10. The van der Waals surface area contributed by atoms with Gasteiger partial charge in [0.2, 0.25) is 11.7 Å². The zero-order chi connectivity index (χ0) is 20.5. The summed E-state index contributed by atoms with van der Waals surface area (Å²) < 4.78 is 12.4. The van der Waals surface area contributed by atoms with E-state index >= 15 is 0 Å². The van der Waals surface area contributed by atoms with Crippen LogP contribution in [0.4, 0.5) is 0 Å². The number of aromatic hydroxyl groups is 1. The van der Waals surface area contributed by atoms with E-state index in [4.69, 9.17) is 8.83 Å². The Morgan fingerprint density at radius 1 is 1.03 bits per heavy atom. The third-order valence-corrected chi connectivity index (χ3v) is 5.35. The van der Waals surface area contributed by atoms with Crippen molar-refractivity contribution in [3.63, 3.8) is 0 Å². The molecule has 0 fully saturated rings. The topological polar surface area (TPSA) is 118 Å². The zero-order valence-corrected chi connectivity index (χ0v) is 16.1. The number of rotatable bonds is 3. The summed E-state index contributed by atoms with van der Waals surface area (Å²) in [7, 11) is 0. The molecule has 0 atom stereocenters. The van der Waals surface area contributed by atoms with Crippen molar-refractivity contribution >= 4 is 23.2 Å². The van der Waals surface area contributed by atoms with Crippen LogP contribution in [0.5, 0.6) is 5.88 Å². The SMILES string of the molecule is O=c1sc(C=c2ccc(=c3ccc(=C4N=NN=N4)cc3)o2)c(O)n1Cc1ccco1. The summed E-state index contributed by atoms with van der Waals surface area (Å²) in [4.78, 5) is 12.4. The molecule has 1 N–H and O–H groups in total. The quantitative estimate of drug-likeness (QED) is 0.549. The fourth-order valence-electron chi connectivity index (χ4n) is 2.96. The second-order valence-corrected chi connectivity index (χ2v) is 7.34.